The van der Waals surface area contributed by atoms with Gasteiger partial charge < -0.3 is 19.7 Å². The summed E-state index contributed by atoms with van der Waals surface area (Å²) in [6, 6.07) is 8.37. The Balaban J connectivity index is 1.40. The smallest absolute Gasteiger partial charge is 0.407 e. The van der Waals surface area contributed by atoms with Crippen molar-refractivity contribution >= 4 is 41.0 Å². The van der Waals surface area contributed by atoms with Gasteiger partial charge in [-0.1, -0.05) is 40.2 Å². The molecule has 2 aromatic rings. The molecule has 12 heteroatoms. The summed E-state index contributed by atoms with van der Waals surface area (Å²) in [5.74, 6) is -0.208. The average molecular weight is 676 g/mol. The van der Waals surface area contributed by atoms with Crippen molar-refractivity contribution in [1.29, 1.82) is 0 Å². The number of rotatable bonds is 14. The second-order valence-electron chi connectivity index (χ2n) is 14.2. The molecule has 4 rings (SSSR count). The first-order valence-corrected chi connectivity index (χ1v) is 17.1. The number of hydrogen-bond acceptors (Lipinski definition) is 9. The lowest BCUT2D eigenvalue weighted by Gasteiger charge is -2.29. The highest BCUT2D eigenvalue weighted by Crippen LogP contribution is 2.40. The van der Waals surface area contributed by atoms with E-state index in [0.717, 1.165) is 24.0 Å². The minimum absolute atomic E-state index is 0.00658. The number of imide groups is 1. The van der Waals surface area contributed by atoms with Crippen molar-refractivity contribution in [3.63, 3.8) is 0 Å². The lowest BCUT2D eigenvalue weighted by Crippen LogP contribution is -2.52. The summed E-state index contributed by atoms with van der Waals surface area (Å²) in [6.45, 7) is 14.3. The quantitative estimate of drug-likeness (QED) is 0.122. The van der Waals surface area contributed by atoms with E-state index in [1.54, 1.807) is 18.2 Å². The fraction of sp³-hybridized carbons (Fsp3) is 0.541. The summed E-state index contributed by atoms with van der Waals surface area (Å²) in [5, 5.41) is 14.2. The topological polar surface area (TPSA) is 156 Å². The van der Waals surface area contributed by atoms with Gasteiger partial charge in [-0.25, -0.2) is 4.79 Å². The molecular weight excluding hydrogens is 626 g/mol. The van der Waals surface area contributed by atoms with Gasteiger partial charge in [0.1, 0.15) is 24.0 Å². The van der Waals surface area contributed by atoms with E-state index in [2.05, 4.69) is 48.6 Å². The number of ether oxygens (including phenoxy) is 2. The molecule has 1 fully saturated rings. The number of unbranched alkanes of at least 4 members (excludes halogenated alkanes) is 2. The fourth-order valence-electron chi connectivity index (χ4n) is 5.87. The highest BCUT2D eigenvalue weighted by molar-refractivity contribution is 6.06. The second kappa shape index (κ2) is 16.2. The number of Topliss-reactive ketones (excluding diaryl/α,β-unsaturated/α-hetero) is 1. The molecule has 2 aliphatic heterocycles. The van der Waals surface area contributed by atoms with Crippen molar-refractivity contribution in [3.8, 4) is 5.75 Å². The third-order valence-electron chi connectivity index (χ3n) is 8.38. The first-order valence-electron chi connectivity index (χ1n) is 17.1. The zero-order valence-corrected chi connectivity index (χ0v) is 29.7. The van der Waals surface area contributed by atoms with Crippen LogP contribution in [0.3, 0.4) is 0 Å². The summed E-state index contributed by atoms with van der Waals surface area (Å²) in [6.07, 6.45) is 2.66. The monoisotopic (exact) mass is 675 g/mol. The van der Waals surface area contributed by atoms with E-state index in [9.17, 15) is 24.0 Å². The molecule has 1 atom stereocenters. The number of azo groups is 1. The van der Waals surface area contributed by atoms with E-state index in [1.165, 1.54) is 4.90 Å². The summed E-state index contributed by atoms with van der Waals surface area (Å²) >= 11 is 0. The van der Waals surface area contributed by atoms with Gasteiger partial charge in [0.2, 0.25) is 11.8 Å². The van der Waals surface area contributed by atoms with E-state index in [0.29, 0.717) is 47.6 Å². The Kier molecular flexibility index (Phi) is 12.3. The van der Waals surface area contributed by atoms with Gasteiger partial charge in [0.05, 0.1) is 11.4 Å². The van der Waals surface area contributed by atoms with Crippen molar-refractivity contribution < 1.29 is 33.4 Å². The van der Waals surface area contributed by atoms with E-state index in [-0.39, 0.29) is 55.4 Å². The number of piperidine rings is 1. The maximum atomic E-state index is 13.2. The van der Waals surface area contributed by atoms with Gasteiger partial charge in [-0.05, 0) is 87.3 Å². The van der Waals surface area contributed by atoms with Crippen LogP contribution in [0.2, 0.25) is 0 Å². The van der Waals surface area contributed by atoms with Crippen LogP contribution in [-0.2, 0) is 25.7 Å². The fourth-order valence-corrected chi connectivity index (χ4v) is 5.87. The van der Waals surface area contributed by atoms with Gasteiger partial charge in [0.25, 0.3) is 5.91 Å². The molecule has 49 heavy (non-hydrogen) atoms. The molecule has 1 unspecified atom stereocenters. The summed E-state index contributed by atoms with van der Waals surface area (Å²) in [5.41, 5.74) is 3.60. The second-order valence-corrected chi connectivity index (χ2v) is 14.2. The van der Waals surface area contributed by atoms with Crippen LogP contribution in [0, 0.1) is 0 Å². The Bertz CT molecular complexity index is 1580. The average Bonchev–Trinajstić information content (AvgIpc) is 3.35. The molecule has 0 saturated carbocycles. The third kappa shape index (κ3) is 9.96. The number of amides is 4. The third-order valence-corrected chi connectivity index (χ3v) is 8.38. The minimum Gasteiger partial charge on any atom is -0.485 e. The van der Waals surface area contributed by atoms with Gasteiger partial charge in [-0.3, -0.25) is 24.5 Å². The maximum Gasteiger partial charge on any atom is 0.407 e. The maximum absolute atomic E-state index is 13.2. The summed E-state index contributed by atoms with van der Waals surface area (Å²) in [7, 11) is 0. The number of benzene rings is 2. The summed E-state index contributed by atoms with van der Waals surface area (Å²) < 4.78 is 11.4. The zero-order valence-electron chi connectivity index (χ0n) is 29.7. The van der Waals surface area contributed by atoms with Crippen molar-refractivity contribution in [2.45, 2.75) is 117 Å². The number of carbonyl (C=O) groups is 5. The predicted molar refractivity (Wildman–Crippen MR) is 184 cm³/mol. The Hall–Kier alpha value is -4.61. The first-order chi connectivity index (χ1) is 23.1. The van der Waals surface area contributed by atoms with Crippen LogP contribution in [0.1, 0.15) is 126 Å². The Labute approximate surface area is 288 Å². The molecule has 2 N–H and O–H groups in total. The van der Waals surface area contributed by atoms with Gasteiger partial charge in [-0.2, -0.15) is 10.2 Å². The molecule has 0 spiro atoms. The van der Waals surface area contributed by atoms with Crippen molar-refractivity contribution in [3.05, 3.63) is 52.6 Å². The van der Waals surface area contributed by atoms with E-state index in [4.69, 9.17) is 9.47 Å². The molecule has 2 aromatic carbocycles. The van der Waals surface area contributed by atoms with E-state index >= 15 is 0 Å². The highest BCUT2D eigenvalue weighted by Gasteiger charge is 2.40. The number of carbonyl (C=O) groups excluding carboxylic acids is 5. The molecule has 4 amide bonds. The van der Waals surface area contributed by atoms with Crippen molar-refractivity contribution in [2.24, 2.45) is 10.2 Å². The normalized spacial score (nSPS) is 16.4. The van der Waals surface area contributed by atoms with Gasteiger partial charge in [-0.15, -0.1) is 0 Å². The first kappa shape index (κ1) is 37.2. The largest absolute Gasteiger partial charge is 0.485 e. The molecule has 0 radical (unpaired) electrons. The van der Waals surface area contributed by atoms with Gasteiger partial charge in [0, 0.05) is 37.1 Å². The van der Waals surface area contributed by atoms with Crippen LogP contribution in [0.25, 0.3) is 0 Å². The molecule has 0 aromatic heterocycles. The Morgan fingerprint density at radius 1 is 1.00 bits per heavy atom. The Morgan fingerprint density at radius 3 is 2.33 bits per heavy atom. The highest BCUT2D eigenvalue weighted by atomic mass is 16.6. The lowest BCUT2D eigenvalue weighted by atomic mass is 9.93. The van der Waals surface area contributed by atoms with Crippen molar-refractivity contribution in [2.75, 3.05) is 13.2 Å². The van der Waals surface area contributed by atoms with Crippen LogP contribution in [0.15, 0.2) is 40.6 Å². The standard InChI is InChI=1S/C37H49N5O7/c1-22(2)27-18-24(40-41-30-14-11-13-26-29(30)20-42(35(26)46)31-15-16-32(44)39-34(31)45)19-28(23(3)4)33(27)48-21-25(43)12-9-8-10-17-38-36(47)49-37(5,6)7/h11,13-14,18-19,22-23,31H,8-10,12,15-17,20-21H2,1-7H3,(H,38,47)(H,39,44,45). The van der Waals surface area contributed by atoms with Crippen LogP contribution >= 0.6 is 0 Å². The van der Waals surface area contributed by atoms with Gasteiger partial charge >= 0.3 is 6.09 Å². The number of ketones is 1. The summed E-state index contributed by atoms with van der Waals surface area (Å²) in [4.78, 5) is 63.4. The molecule has 0 aliphatic carbocycles. The Morgan fingerprint density at radius 2 is 1.69 bits per heavy atom. The molecule has 2 heterocycles. The molecule has 2 aliphatic rings. The number of hydrogen-bond donors (Lipinski definition) is 2. The molecule has 1 saturated heterocycles. The lowest BCUT2D eigenvalue weighted by molar-refractivity contribution is -0.137. The number of alkyl carbamates (subject to hydrolysis) is 1. The zero-order chi connectivity index (χ0) is 35.9. The molecule has 12 nitrogen and oxygen atoms in total. The van der Waals surface area contributed by atoms with Crippen molar-refractivity contribution in [1.82, 2.24) is 15.5 Å². The van der Waals surface area contributed by atoms with E-state index in [1.807, 2.05) is 32.9 Å². The SMILES string of the molecule is CC(C)c1cc(N=Nc2cccc3c2CN(C2CCC(=O)NC2=O)C3=O)cc(C(C)C)c1OCC(=O)CCCCCNC(=O)OC(C)(C)C. The molecule has 264 valence electrons. The van der Waals surface area contributed by atoms with Crippen LogP contribution in [0.4, 0.5) is 16.2 Å². The predicted octanol–water partition coefficient (Wildman–Crippen LogP) is 7.14. The number of fused-ring (bicyclic) bond motifs is 1. The van der Waals surface area contributed by atoms with Crippen LogP contribution < -0.4 is 15.4 Å². The molecule has 0 bridgehead atoms. The van der Waals surface area contributed by atoms with Crippen LogP contribution in [0.5, 0.6) is 5.75 Å². The van der Waals surface area contributed by atoms with Crippen LogP contribution in [-0.4, -0.2) is 59.3 Å². The van der Waals surface area contributed by atoms with E-state index < -0.39 is 23.6 Å². The van der Waals surface area contributed by atoms with Gasteiger partial charge in [0.15, 0.2) is 5.78 Å². The minimum atomic E-state index is -0.711. The number of nitrogens with one attached hydrogen (secondary N) is 2. The molecular formula is C37H49N5O7. The number of nitrogens with zero attached hydrogens (tertiary/aromatic N) is 3.